The number of amides is 1. The molecule has 0 radical (unpaired) electrons. The molecular weight excluding hydrogens is 324 g/mol. The Morgan fingerprint density at radius 1 is 1.00 bits per heavy atom. The first-order valence-electron chi connectivity index (χ1n) is 8.59. The van der Waals surface area contributed by atoms with Crippen LogP contribution >= 0.6 is 0 Å². The second-order valence-electron chi connectivity index (χ2n) is 7.78. The van der Waals surface area contributed by atoms with Crippen molar-refractivity contribution in [1.29, 1.82) is 0 Å². The summed E-state index contributed by atoms with van der Waals surface area (Å²) in [7, 11) is -3.48. The second-order valence-corrected chi connectivity index (χ2v) is 9.72. The van der Waals surface area contributed by atoms with E-state index < -0.39 is 10.0 Å². The number of hydrogen-bond donors (Lipinski definition) is 0. The summed E-state index contributed by atoms with van der Waals surface area (Å²) in [6, 6.07) is 7.16. The Labute approximate surface area is 144 Å². The van der Waals surface area contributed by atoms with E-state index >= 15 is 0 Å². The molecule has 1 aromatic rings. The lowest BCUT2D eigenvalue weighted by molar-refractivity contribution is -0.133. The van der Waals surface area contributed by atoms with Crippen LogP contribution in [0.25, 0.3) is 0 Å². The van der Waals surface area contributed by atoms with E-state index in [1.165, 1.54) is 4.31 Å². The van der Waals surface area contributed by atoms with Crippen LogP contribution in [-0.2, 0) is 20.2 Å². The Hall–Kier alpha value is -1.40. The SMILES string of the molecule is CC(C)(C)c1ccc(S(=O)(=O)N2CCN(C(=O)C3CC3)CC2)cc1. The van der Waals surface area contributed by atoms with E-state index in [0.29, 0.717) is 31.1 Å². The molecule has 1 saturated carbocycles. The first-order valence-corrected chi connectivity index (χ1v) is 10.0. The fourth-order valence-corrected chi connectivity index (χ4v) is 4.44. The van der Waals surface area contributed by atoms with Crippen LogP contribution in [0, 0.1) is 5.92 Å². The quantitative estimate of drug-likeness (QED) is 0.840. The zero-order valence-electron chi connectivity index (χ0n) is 14.7. The van der Waals surface area contributed by atoms with Crippen LogP contribution in [0.3, 0.4) is 0 Å². The van der Waals surface area contributed by atoms with Gasteiger partial charge in [-0.15, -0.1) is 0 Å². The van der Waals surface area contributed by atoms with Gasteiger partial charge in [0.05, 0.1) is 4.90 Å². The molecule has 1 aliphatic heterocycles. The van der Waals surface area contributed by atoms with E-state index in [9.17, 15) is 13.2 Å². The van der Waals surface area contributed by atoms with Gasteiger partial charge in [-0.3, -0.25) is 4.79 Å². The van der Waals surface area contributed by atoms with Gasteiger partial charge in [-0.1, -0.05) is 32.9 Å². The Bertz CT molecular complexity index is 708. The van der Waals surface area contributed by atoms with E-state index in [2.05, 4.69) is 20.8 Å². The minimum atomic E-state index is -3.48. The molecule has 1 aliphatic carbocycles. The van der Waals surface area contributed by atoms with Crippen LogP contribution in [0.2, 0.25) is 0 Å². The average Bonchev–Trinajstić information content (AvgIpc) is 3.38. The van der Waals surface area contributed by atoms with Crippen molar-refractivity contribution in [3.8, 4) is 0 Å². The molecule has 1 saturated heterocycles. The van der Waals surface area contributed by atoms with E-state index in [1.807, 2.05) is 17.0 Å². The molecule has 2 fully saturated rings. The molecule has 1 aromatic carbocycles. The third kappa shape index (κ3) is 3.49. The predicted molar refractivity (Wildman–Crippen MR) is 93.2 cm³/mol. The van der Waals surface area contributed by atoms with Gasteiger partial charge in [0, 0.05) is 32.1 Å². The third-order valence-electron chi connectivity index (χ3n) is 4.84. The Balaban J connectivity index is 1.68. The fraction of sp³-hybridized carbons (Fsp3) is 0.611. The zero-order chi connectivity index (χ0) is 17.5. The van der Waals surface area contributed by atoms with E-state index in [4.69, 9.17) is 0 Å². The fourth-order valence-electron chi connectivity index (χ4n) is 3.01. The molecule has 1 amide bonds. The number of rotatable bonds is 3. The number of benzene rings is 1. The number of nitrogens with zero attached hydrogens (tertiary/aromatic N) is 2. The highest BCUT2D eigenvalue weighted by molar-refractivity contribution is 7.89. The largest absolute Gasteiger partial charge is 0.340 e. The first kappa shape index (κ1) is 17.4. The van der Waals surface area contributed by atoms with Crippen LogP contribution in [0.1, 0.15) is 39.2 Å². The summed E-state index contributed by atoms with van der Waals surface area (Å²) < 4.78 is 27.1. The molecule has 0 bridgehead atoms. The lowest BCUT2D eigenvalue weighted by Gasteiger charge is -2.34. The van der Waals surface area contributed by atoms with Gasteiger partial charge in [0.15, 0.2) is 0 Å². The number of piperazine rings is 1. The highest BCUT2D eigenvalue weighted by Crippen LogP contribution is 2.31. The van der Waals surface area contributed by atoms with Gasteiger partial charge >= 0.3 is 0 Å². The summed E-state index contributed by atoms with van der Waals surface area (Å²) in [5.41, 5.74) is 1.11. The number of carbonyl (C=O) groups excluding carboxylic acids is 1. The smallest absolute Gasteiger partial charge is 0.243 e. The molecule has 2 aliphatic rings. The normalized spacial score (nSPS) is 20.2. The first-order chi connectivity index (χ1) is 11.2. The van der Waals surface area contributed by atoms with Crippen molar-refractivity contribution < 1.29 is 13.2 Å². The summed E-state index contributed by atoms with van der Waals surface area (Å²) in [6.45, 7) is 8.05. The van der Waals surface area contributed by atoms with Crippen molar-refractivity contribution >= 4 is 15.9 Å². The van der Waals surface area contributed by atoms with Gasteiger partial charge in [0.1, 0.15) is 0 Å². The summed E-state index contributed by atoms with van der Waals surface area (Å²) >= 11 is 0. The molecule has 0 spiro atoms. The van der Waals surface area contributed by atoms with Gasteiger partial charge in [0.25, 0.3) is 0 Å². The van der Waals surface area contributed by atoms with Crippen LogP contribution in [0.15, 0.2) is 29.2 Å². The Kier molecular flexibility index (Phi) is 4.47. The summed E-state index contributed by atoms with van der Waals surface area (Å²) in [6.07, 6.45) is 1.97. The van der Waals surface area contributed by atoms with E-state index in [-0.39, 0.29) is 17.2 Å². The highest BCUT2D eigenvalue weighted by atomic mass is 32.2. The summed E-state index contributed by atoms with van der Waals surface area (Å²) in [5, 5.41) is 0. The molecule has 132 valence electrons. The Morgan fingerprint density at radius 2 is 1.54 bits per heavy atom. The number of sulfonamides is 1. The van der Waals surface area contributed by atoms with Crippen molar-refractivity contribution in [1.82, 2.24) is 9.21 Å². The molecule has 0 N–H and O–H groups in total. The topological polar surface area (TPSA) is 57.7 Å². The average molecular weight is 350 g/mol. The predicted octanol–water partition coefficient (Wildman–Crippen LogP) is 2.23. The van der Waals surface area contributed by atoms with E-state index in [1.54, 1.807) is 12.1 Å². The molecule has 0 aromatic heterocycles. The second kappa shape index (κ2) is 6.15. The minimum absolute atomic E-state index is 0.00289. The monoisotopic (exact) mass is 350 g/mol. The molecule has 0 unspecified atom stereocenters. The van der Waals surface area contributed by atoms with Gasteiger partial charge < -0.3 is 4.90 Å². The zero-order valence-corrected chi connectivity index (χ0v) is 15.5. The van der Waals surface area contributed by atoms with Crippen molar-refractivity contribution in [3.63, 3.8) is 0 Å². The molecule has 3 rings (SSSR count). The molecule has 5 nitrogen and oxygen atoms in total. The standard InChI is InChI=1S/C18H26N2O3S/c1-18(2,3)15-6-8-16(9-7-15)24(22,23)20-12-10-19(11-13-20)17(21)14-4-5-14/h6-9,14H,4-5,10-13H2,1-3H3. The Morgan fingerprint density at radius 3 is 2.00 bits per heavy atom. The number of carbonyl (C=O) groups is 1. The molecular formula is C18H26N2O3S. The van der Waals surface area contributed by atoms with Gasteiger partial charge in [0.2, 0.25) is 15.9 Å². The van der Waals surface area contributed by atoms with Gasteiger partial charge in [-0.25, -0.2) is 8.42 Å². The molecule has 1 heterocycles. The van der Waals surface area contributed by atoms with Crippen LogP contribution in [0.4, 0.5) is 0 Å². The molecule has 0 atom stereocenters. The van der Waals surface area contributed by atoms with Crippen molar-refractivity contribution in [2.75, 3.05) is 26.2 Å². The van der Waals surface area contributed by atoms with Crippen molar-refractivity contribution in [2.24, 2.45) is 5.92 Å². The maximum absolute atomic E-state index is 12.8. The third-order valence-corrected chi connectivity index (χ3v) is 6.75. The highest BCUT2D eigenvalue weighted by Gasteiger charge is 2.36. The maximum atomic E-state index is 12.8. The lowest BCUT2D eigenvalue weighted by atomic mass is 9.87. The lowest BCUT2D eigenvalue weighted by Crippen LogP contribution is -2.50. The molecule has 6 heteroatoms. The summed E-state index contributed by atoms with van der Waals surface area (Å²) in [4.78, 5) is 14.2. The summed E-state index contributed by atoms with van der Waals surface area (Å²) in [5.74, 6) is 0.389. The van der Waals surface area contributed by atoms with Crippen LogP contribution < -0.4 is 0 Å². The van der Waals surface area contributed by atoms with Crippen LogP contribution in [0.5, 0.6) is 0 Å². The van der Waals surface area contributed by atoms with Gasteiger partial charge in [-0.2, -0.15) is 4.31 Å². The molecule has 24 heavy (non-hydrogen) atoms. The van der Waals surface area contributed by atoms with Gasteiger partial charge in [-0.05, 0) is 36.0 Å². The van der Waals surface area contributed by atoms with E-state index in [0.717, 1.165) is 18.4 Å². The van der Waals surface area contributed by atoms with Crippen LogP contribution in [-0.4, -0.2) is 49.7 Å². The van der Waals surface area contributed by atoms with Crippen molar-refractivity contribution in [2.45, 2.75) is 43.9 Å². The minimum Gasteiger partial charge on any atom is -0.340 e. The maximum Gasteiger partial charge on any atom is 0.243 e. The van der Waals surface area contributed by atoms with Crippen molar-refractivity contribution in [3.05, 3.63) is 29.8 Å². The number of hydrogen-bond acceptors (Lipinski definition) is 3.